The molecule has 0 aromatic heterocycles. The number of piperidine rings is 1. The second-order valence-electron chi connectivity index (χ2n) is 9.62. The van der Waals surface area contributed by atoms with Gasteiger partial charge in [-0.25, -0.2) is 0 Å². The van der Waals surface area contributed by atoms with E-state index in [1.165, 1.54) is 11.1 Å². The molecule has 3 fully saturated rings. The average molecular weight is 402 g/mol. The molecule has 5 atom stereocenters. The molecule has 2 aliphatic carbocycles. The number of hydrogen-bond donors (Lipinski definition) is 0. The van der Waals surface area contributed by atoms with E-state index in [4.69, 9.17) is 0 Å². The molecule has 0 spiro atoms. The van der Waals surface area contributed by atoms with Gasteiger partial charge in [0.2, 0.25) is 0 Å². The highest BCUT2D eigenvalue weighted by molar-refractivity contribution is 5.94. The molecule has 1 amide bonds. The maximum Gasteiger partial charge on any atom is 0.254 e. The van der Waals surface area contributed by atoms with Crippen LogP contribution in [0.15, 0.2) is 54.6 Å². The molecule has 2 aromatic rings. The monoisotopic (exact) mass is 401 g/mol. The topological polar surface area (TPSA) is 37.4 Å². The van der Waals surface area contributed by atoms with Crippen LogP contribution in [0.5, 0.6) is 0 Å². The van der Waals surface area contributed by atoms with Crippen LogP contribution in [0.1, 0.15) is 53.6 Å². The second kappa shape index (κ2) is 8.02. The smallest absolute Gasteiger partial charge is 0.254 e. The van der Waals surface area contributed by atoms with E-state index in [1.807, 2.05) is 30.3 Å². The maximum atomic E-state index is 13.4. The molecule has 3 nitrogen and oxygen atoms in total. The second-order valence-corrected chi connectivity index (χ2v) is 9.62. The van der Waals surface area contributed by atoms with Crippen LogP contribution >= 0.6 is 0 Å². The molecular formula is C27H31NO2. The number of carbonyl (C=O) groups excluding carboxylic acids is 2. The van der Waals surface area contributed by atoms with Gasteiger partial charge in [0.1, 0.15) is 5.78 Å². The van der Waals surface area contributed by atoms with E-state index in [9.17, 15) is 9.59 Å². The largest absolute Gasteiger partial charge is 0.335 e. The lowest BCUT2D eigenvalue weighted by atomic mass is 9.55. The molecule has 5 rings (SSSR count). The molecule has 2 saturated carbocycles. The highest BCUT2D eigenvalue weighted by atomic mass is 16.2. The fourth-order valence-corrected chi connectivity index (χ4v) is 6.53. The van der Waals surface area contributed by atoms with Crippen LogP contribution in [0.2, 0.25) is 0 Å². The fraction of sp³-hybridized carbons (Fsp3) is 0.481. The number of rotatable bonds is 3. The Morgan fingerprint density at radius 2 is 1.77 bits per heavy atom. The van der Waals surface area contributed by atoms with Gasteiger partial charge in [-0.3, -0.25) is 9.59 Å². The van der Waals surface area contributed by atoms with Crippen LogP contribution in [0.25, 0.3) is 0 Å². The lowest BCUT2D eigenvalue weighted by Gasteiger charge is -2.55. The van der Waals surface area contributed by atoms with E-state index in [0.717, 1.165) is 44.2 Å². The molecule has 0 bridgehead atoms. The molecule has 2 aromatic carbocycles. The number of benzene rings is 2. The van der Waals surface area contributed by atoms with Crippen molar-refractivity contribution in [2.75, 3.05) is 6.54 Å². The number of likely N-dealkylation sites (tertiary alicyclic amines) is 1. The molecular weight excluding hydrogens is 370 g/mol. The third-order valence-electron chi connectivity index (χ3n) is 7.91. The zero-order valence-corrected chi connectivity index (χ0v) is 17.8. The summed E-state index contributed by atoms with van der Waals surface area (Å²) in [6.07, 6.45) is 5.87. The number of amides is 1. The lowest BCUT2D eigenvalue weighted by Crippen LogP contribution is -2.59. The highest BCUT2D eigenvalue weighted by Gasteiger charge is 2.52. The Hall–Kier alpha value is -2.42. The number of ketones is 1. The van der Waals surface area contributed by atoms with Crippen LogP contribution in [0.3, 0.4) is 0 Å². The van der Waals surface area contributed by atoms with Gasteiger partial charge in [-0.15, -0.1) is 0 Å². The van der Waals surface area contributed by atoms with Crippen LogP contribution < -0.4 is 0 Å². The van der Waals surface area contributed by atoms with Gasteiger partial charge in [0.05, 0.1) is 0 Å². The summed E-state index contributed by atoms with van der Waals surface area (Å²) in [5, 5.41) is 0. The standard InChI is InChI=1S/C27H31NO2/c1-18-10-12-20(13-11-18)27(30)28-15-14-21-17-25(29)23(16-19-6-3-2-4-7-19)22-8-5-9-24(28)26(21)22/h2-4,6-7,10-13,21-24,26H,5,8-9,14-17H2,1H3/t21-,22+,23+,24+,26+/m1/s1. The minimum atomic E-state index is 0.117. The van der Waals surface area contributed by atoms with E-state index in [-0.39, 0.29) is 11.8 Å². The third-order valence-corrected chi connectivity index (χ3v) is 7.91. The Morgan fingerprint density at radius 3 is 2.53 bits per heavy atom. The van der Waals surface area contributed by atoms with E-state index >= 15 is 0 Å². The first-order valence-corrected chi connectivity index (χ1v) is 11.6. The van der Waals surface area contributed by atoms with Gasteiger partial charge in [0.15, 0.2) is 0 Å². The molecule has 0 unspecified atom stereocenters. The minimum Gasteiger partial charge on any atom is -0.335 e. The van der Waals surface area contributed by atoms with Crippen molar-refractivity contribution in [3.63, 3.8) is 0 Å². The van der Waals surface area contributed by atoms with Gasteiger partial charge in [0, 0.05) is 30.5 Å². The number of hydrogen-bond acceptors (Lipinski definition) is 2. The molecule has 156 valence electrons. The van der Waals surface area contributed by atoms with Crippen molar-refractivity contribution in [1.29, 1.82) is 0 Å². The zero-order valence-electron chi connectivity index (χ0n) is 17.8. The molecule has 0 N–H and O–H groups in total. The van der Waals surface area contributed by atoms with Crippen molar-refractivity contribution in [1.82, 2.24) is 4.90 Å². The van der Waals surface area contributed by atoms with Crippen molar-refractivity contribution in [2.45, 2.75) is 51.5 Å². The number of nitrogens with zero attached hydrogens (tertiary/aromatic N) is 1. The zero-order chi connectivity index (χ0) is 20.7. The first kappa shape index (κ1) is 19.5. The molecule has 3 heteroatoms. The fourth-order valence-electron chi connectivity index (χ4n) is 6.53. The summed E-state index contributed by atoms with van der Waals surface area (Å²) in [7, 11) is 0. The highest BCUT2D eigenvalue weighted by Crippen LogP contribution is 2.51. The SMILES string of the molecule is Cc1ccc(C(=O)N2CC[C@@H]3CC(=O)[C@@H](Cc4ccccc4)[C@@H]4CCC[C@H]2[C@@H]34)cc1. The molecule has 1 aliphatic heterocycles. The predicted octanol–water partition coefficient (Wildman–Crippen LogP) is 5.07. The number of aryl methyl sites for hydroxylation is 1. The van der Waals surface area contributed by atoms with Gasteiger partial charge < -0.3 is 4.90 Å². The Balaban J connectivity index is 1.41. The summed E-state index contributed by atoms with van der Waals surface area (Å²) < 4.78 is 0. The van der Waals surface area contributed by atoms with Gasteiger partial charge in [0.25, 0.3) is 5.91 Å². The maximum absolute atomic E-state index is 13.4. The van der Waals surface area contributed by atoms with Crippen molar-refractivity contribution in [2.24, 2.45) is 23.7 Å². The Labute approximate surface area is 179 Å². The molecule has 1 saturated heterocycles. The Bertz CT molecular complexity index is 920. The predicted molar refractivity (Wildman–Crippen MR) is 118 cm³/mol. The summed E-state index contributed by atoms with van der Waals surface area (Å²) in [5.41, 5.74) is 3.24. The summed E-state index contributed by atoms with van der Waals surface area (Å²) >= 11 is 0. The summed E-state index contributed by atoms with van der Waals surface area (Å²) in [5.74, 6) is 2.12. The molecule has 1 heterocycles. The van der Waals surface area contributed by atoms with Crippen LogP contribution in [-0.4, -0.2) is 29.2 Å². The Kier molecular flexibility index (Phi) is 5.22. The quantitative estimate of drug-likeness (QED) is 0.720. The number of Topliss-reactive ketones (excluding diaryl/α,β-unsaturated/α-hetero) is 1. The third kappa shape index (κ3) is 3.49. The summed E-state index contributed by atoms with van der Waals surface area (Å²) in [4.78, 5) is 28.7. The average Bonchev–Trinajstić information content (AvgIpc) is 2.77. The van der Waals surface area contributed by atoms with E-state index in [1.54, 1.807) is 0 Å². The van der Waals surface area contributed by atoms with Crippen LogP contribution in [0, 0.1) is 30.6 Å². The van der Waals surface area contributed by atoms with E-state index in [2.05, 4.69) is 36.1 Å². The van der Waals surface area contributed by atoms with E-state index < -0.39 is 0 Å². The van der Waals surface area contributed by atoms with Crippen LogP contribution in [0.4, 0.5) is 0 Å². The van der Waals surface area contributed by atoms with Crippen molar-refractivity contribution >= 4 is 11.7 Å². The lowest BCUT2D eigenvalue weighted by molar-refractivity contribution is -0.137. The van der Waals surface area contributed by atoms with Crippen LogP contribution in [-0.2, 0) is 11.2 Å². The van der Waals surface area contributed by atoms with Crippen molar-refractivity contribution in [3.8, 4) is 0 Å². The number of carbonyl (C=O) groups is 2. The first-order chi connectivity index (χ1) is 14.6. The van der Waals surface area contributed by atoms with Gasteiger partial charge >= 0.3 is 0 Å². The van der Waals surface area contributed by atoms with Crippen molar-refractivity contribution < 1.29 is 9.59 Å². The first-order valence-electron chi connectivity index (χ1n) is 11.6. The molecule has 0 radical (unpaired) electrons. The normalized spacial score (nSPS) is 30.6. The van der Waals surface area contributed by atoms with Gasteiger partial charge in [-0.1, -0.05) is 54.4 Å². The summed E-state index contributed by atoms with van der Waals surface area (Å²) in [6.45, 7) is 2.85. The Morgan fingerprint density at radius 1 is 1.00 bits per heavy atom. The minimum absolute atomic E-state index is 0.117. The van der Waals surface area contributed by atoms with E-state index in [0.29, 0.717) is 36.0 Å². The van der Waals surface area contributed by atoms with Crippen molar-refractivity contribution in [3.05, 3.63) is 71.3 Å². The molecule has 30 heavy (non-hydrogen) atoms. The molecule has 3 aliphatic rings. The van der Waals surface area contributed by atoms with Gasteiger partial charge in [-0.2, -0.15) is 0 Å². The summed E-state index contributed by atoms with van der Waals surface area (Å²) in [6, 6.07) is 18.7. The van der Waals surface area contributed by atoms with Gasteiger partial charge in [-0.05, 0) is 68.1 Å².